The largest absolute Gasteiger partial charge is 0.377 e. The minimum Gasteiger partial charge on any atom is -0.377 e. The summed E-state index contributed by atoms with van der Waals surface area (Å²) in [5, 5.41) is 4.56. The van der Waals surface area contributed by atoms with Gasteiger partial charge in [-0.25, -0.2) is 15.8 Å². The number of nitrogens with one attached hydrogen (secondary N) is 1. The van der Waals surface area contributed by atoms with Crippen molar-refractivity contribution in [1.29, 1.82) is 0 Å². The van der Waals surface area contributed by atoms with E-state index in [2.05, 4.69) is 28.4 Å². The van der Waals surface area contributed by atoms with Crippen molar-refractivity contribution in [3.05, 3.63) is 11.4 Å². The van der Waals surface area contributed by atoms with Crippen molar-refractivity contribution in [2.24, 2.45) is 5.84 Å². The molecule has 1 aliphatic heterocycles. The first-order chi connectivity index (χ1) is 8.78. The Morgan fingerprint density at radius 1 is 1.56 bits per heavy atom. The third-order valence-corrected chi connectivity index (χ3v) is 5.25. The zero-order valence-corrected chi connectivity index (χ0v) is 11.6. The Morgan fingerprint density at radius 3 is 3.17 bits per heavy atom. The number of hydrogen-bond acceptors (Lipinski definition) is 7. The summed E-state index contributed by atoms with van der Waals surface area (Å²) in [4.78, 5) is 9.76. The lowest BCUT2D eigenvalue weighted by molar-refractivity contribution is 0.127. The van der Waals surface area contributed by atoms with Crippen LogP contribution in [-0.2, 0) is 4.74 Å². The van der Waals surface area contributed by atoms with Crippen molar-refractivity contribution < 1.29 is 4.74 Å². The van der Waals surface area contributed by atoms with Gasteiger partial charge in [-0.3, -0.25) is 5.43 Å². The van der Waals surface area contributed by atoms with Crippen LogP contribution in [0.3, 0.4) is 0 Å². The number of aromatic nitrogens is 2. The molecule has 3 N–H and O–H groups in total. The molecule has 3 heterocycles. The van der Waals surface area contributed by atoms with E-state index in [1.165, 1.54) is 0 Å². The van der Waals surface area contributed by atoms with Crippen LogP contribution in [0.1, 0.15) is 13.3 Å². The second-order valence-corrected chi connectivity index (χ2v) is 6.28. The number of ether oxygens (including phenoxy) is 1. The van der Waals surface area contributed by atoms with E-state index in [4.69, 9.17) is 10.6 Å². The van der Waals surface area contributed by atoms with Gasteiger partial charge in [-0.05, 0) is 24.8 Å². The van der Waals surface area contributed by atoms with E-state index in [1.54, 1.807) is 23.1 Å². The number of nitrogen functional groups attached to an aromatic ring is 1. The highest BCUT2D eigenvalue weighted by Crippen LogP contribution is 2.36. The Labute approximate surface area is 113 Å². The first-order valence-corrected chi connectivity index (χ1v) is 7.54. The number of hydrazine groups is 1. The van der Waals surface area contributed by atoms with E-state index < -0.39 is 0 Å². The molecule has 0 saturated carbocycles. The zero-order chi connectivity index (χ0) is 12.5. The van der Waals surface area contributed by atoms with E-state index in [9.17, 15) is 0 Å². The first kappa shape index (κ1) is 12.2. The molecule has 18 heavy (non-hydrogen) atoms. The van der Waals surface area contributed by atoms with Crippen molar-refractivity contribution >= 4 is 39.3 Å². The normalized spacial score (nSPS) is 23.7. The molecule has 2 atom stereocenters. The fraction of sp³-hybridized carbons (Fsp3) is 0.455. The highest BCUT2D eigenvalue weighted by Gasteiger charge is 2.26. The summed E-state index contributed by atoms with van der Waals surface area (Å²) in [6.45, 7) is 2.94. The van der Waals surface area contributed by atoms with Gasteiger partial charge in [0.25, 0.3) is 0 Å². The van der Waals surface area contributed by atoms with Crippen LogP contribution >= 0.6 is 23.1 Å². The minimum absolute atomic E-state index is 0.271. The van der Waals surface area contributed by atoms with E-state index in [0.717, 1.165) is 28.3 Å². The van der Waals surface area contributed by atoms with Crippen LogP contribution in [0, 0.1) is 0 Å². The number of anilines is 1. The summed E-state index contributed by atoms with van der Waals surface area (Å²) in [7, 11) is 0. The number of thiophene rings is 1. The summed E-state index contributed by atoms with van der Waals surface area (Å²) in [6, 6.07) is 2.06. The quantitative estimate of drug-likeness (QED) is 0.511. The SMILES string of the molecule is CC1OCCC1Sc1nc(NN)nc2sccc12. The Morgan fingerprint density at radius 2 is 2.44 bits per heavy atom. The Bertz CT molecular complexity index is 559. The molecule has 5 nitrogen and oxygen atoms in total. The van der Waals surface area contributed by atoms with Crippen LogP contribution < -0.4 is 11.3 Å². The Hall–Kier alpha value is -0.890. The molecular weight excluding hydrogens is 268 g/mol. The Kier molecular flexibility index (Phi) is 3.38. The van der Waals surface area contributed by atoms with E-state index >= 15 is 0 Å². The predicted molar refractivity (Wildman–Crippen MR) is 74.9 cm³/mol. The van der Waals surface area contributed by atoms with Gasteiger partial charge in [0, 0.05) is 17.2 Å². The van der Waals surface area contributed by atoms with Crippen molar-refractivity contribution in [1.82, 2.24) is 9.97 Å². The molecule has 0 bridgehead atoms. The molecule has 0 aliphatic carbocycles. The lowest BCUT2D eigenvalue weighted by Gasteiger charge is -2.13. The molecule has 1 aliphatic rings. The molecule has 1 fully saturated rings. The van der Waals surface area contributed by atoms with Crippen molar-refractivity contribution in [3.63, 3.8) is 0 Å². The van der Waals surface area contributed by atoms with E-state index in [-0.39, 0.29) is 6.10 Å². The Balaban J connectivity index is 1.96. The molecule has 0 spiro atoms. The number of fused-ring (bicyclic) bond motifs is 1. The molecule has 1 saturated heterocycles. The van der Waals surface area contributed by atoms with Gasteiger partial charge in [0.05, 0.1) is 6.10 Å². The molecule has 0 amide bonds. The van der Waals surface area contributed by atoms with Gasteiger partial charge in [0.15, 0.2) is 0 Å². The highest BCUT2D eigenvalue weighted by atomic mass is 32.2. The molecule has 0 radical (unpaired) electrons. The topological polar surface area (TPSA) is 73.1 Å². The lowest BCUT2D eigenvalue weighted by Crippen LogP contribution is -2.14. The van der Waals surface area contributed by atoms with Crippen molar-refractivity contribution in [2.45, 2.75) is 29.7 Å². The average Bonchev–Trinajstić information content (AvgIpc) is 2.98. The number of hydrogen-bond donors (Lipinski definition) is 2. The number of rotatable bonds is 3. The summed E-state index contributed by atoms with van der Waals surface area (Å²) in [5.74, 6) is 5.88. The van der Waals surface area contributed by atoms with Crippen molar-refractivity contribution in [2.75, 3.05) is 12.0 Å². The molecular formula is C11H14N4OS2. The van der Waals surface area contributed by atoms with Crippen LogP contribution in [0.15, 0.2) is 16.5 Å². The summed E-state index contributed by atoms with van der Waals surface area (Å²) >= 11 is 3.36. The molecule has 96 valence electrons. The average molecular weight is 282 g/mol. The van der Waals surface area contributed by atoms with E-state index in [0.29, 0.717) is 11.2 Å². The molecule has 7 heteroatoms. The first-order valence-electron chi connectivity index (χ1n) is 5.78. The molecule has 0 aromatic carbocycles. The number of thioether (sulfide) groups is 1. The maximum atomic E-state index is 5.59. The summed E-state index contributed by atoms with van der Waals surface area (Å²) < 4.78 is 5.59. The maximum absolute atomic E-state index is 5.59. The van der Waals surface area contributed by atoms with Gasteiger partial charge >= 0.3 is 0 Å². The third-order valence-electron chi connectivity index (χ3n) is 2.99. The molecule has 2 aromatic rings. The lowest BCUT2D eigenvalue weighted by atomic mass is 10.3. The summed E-state index contributed by atoms with van der Waals surface area (Å²) in [6.07, 6.45) is 1.33. The van der Waals surface area contributed by atoms with Crippen LogP contribution in [0.5, 0.6) is 0 Å². The fourth-order valence-corrected chi connectivity index (χ4v) is 4.02. The molecule has 3 rings (SSSR count). The van der Waals surface area contributed by atoms with Crippen LogP contribution in [0.25, 0.3) is 10.2 Å². The highest BCUT2D eigenvalue weighted by molar-refractivity contribution is 8.00. The van der Waals surface area contributed by atoms with Crippen LogP contribution in [0.4, 0.5) is 5.95 Å². The number of nitrogens with two attached hydrogens (primary N) is 1. The van der Waals surface area contributed by atoms with Gasteiger partial charge in [-0.1, -0.05) is 11.8 Å². The smallest absolute Gasteiger partial charge is 0.239 e. The van der Waals surface area contributed by atoms with Gasteiger partial charge in [0.2, 0.25) is 5.95 Å². The number of nitrogens with zero attached hydrogens (tertiary/aromatic N) is 2. The maximum Gasteiger partial charge on any atom is 0.239 e. The van der Waals surface area contributed by atoms with E-state index in [1.807, 2.05) is 5.38 Å². The standard InChI is InChI=1S/C11H14N4OS2/c1-6-8(2-4-16-6)18-10-7-3-5-17-9(7)13-11(14-10)15-12/h3,5-6,8H,2,4,12H2,1H3,(H,13,14,15). The molecule has 2 unspecified atom stereocenters. The zero-order valence-electron chi connectivity index (χ0n) is 9.92. The van der Waals surface area contributed by atoms with Crippen molar-refractivity contribution in [3.8, 4) is 0 Å². The van der Waals surface area contributed by atoms with Crippen LogP contribution in [-0.4, -0.2) is 27.9 Å². The minimum atomic E-state index is 0.271. The predicted octanol–water partition coefficient (Wildman–Crippen LogP) is 2.25. The van der Waals surface area contributed by atoms with Crippen LogP contribution in [0.2, 0.25) is 0 Å². The van der Waals surface area contributed by atoms with Gasteiger partial charge < -0.3 is 4.74 Å². The molecule has 2 aromatic heterocycles. The van der Waals surface area contributed by atoms with Gasteiger partial charge in [0.1, 0.15) is 9.86 Å². The third kappa shape index (κ3) is 2.18. The van der Waals surface area contributed by atoms with Gasteiger partial charge in [-0.2, -0.15) is 0 Å². The van der Waals surface area contributed by atoms with Gasteiger partial charge in [-0.15, -0.1) is 11.3 Å². The summed E-state index contributed by atoms with van der Waals surface area (Å²) in [5.41, 5.74) is 2.53. The monoisotopic (exact) mass is 282 g/mol. The fourth-order valence-electron chi connectivity index (χ4n) is 1.99. The second kappa shape index (κ2) is 5.00. The second-order valence-electron chi connectivity index (χ2n) is 4.16.